The van der Waals surface area contributed by atoms with Gasteiger partial charge in [-0.2, -0.15) is 0 Å². The van der Waals surface area contributed by atoms with Crippen LogP contribution in [-0.4, -0.2) is 27.1 Å². The molecule has 76 valence electrons. The summed E-state index contributed by atoms with van der Waals surface area (Å²) in [7, 11) is 2.38. The van der Waals surface area contributed by atoms with Gasteiger partial charge in [0.1, 0.15) is 0 Å². The van der Waals surface area contributed by atoms with E-state index in [1.54, 1.807) is 25.1 Å². The fraction of sp³-hybridized carbons (Fsp3) is 0.600. The Labute approximate surface area is 101 Å². The standard InChI is InChI=1S/C10H21NOSi.Li/c1-9(8-13(4,5)6)7-10(12)11(2)3;/h7,12H,1,8H2,2-6H3;/q;+1/p-1/b10-7-;. The monoisotopic (exact) mass is 205 g/mol. The van der Waals surface area contributed by atoms with Gasteiger partial charge in [0, 0.05) is 22.2 Å². The Morgan fingerprint density at radius 3 is 2.07 bits per heavy atom. The summed E-state index contributed by atoms with van der Waals surface area (Å²) in [5, 5.41) is 11.3. The van der Waals surface area contributed by atoms with Gasteiger partial charge in [-0.15, -0.1) is 0 Å². The maximum Gasteiger partial charge on any atom is 1.00 e. The summed E-state index contributed by atoms with van der Waals surface area (Å²) in [6, 6.07) is 0.993. The van der Waals surface area contributed by atoms with Gasteiger partial charge in [0.05, 0.1) is 0 Å². The second-order valence-electron chi connectivity index (χ2n) is 4.77. The molecule has 0 aromatic heterocycles. The third-order valence-corrected chi connectivity index (χ3v) is 3.04. The van der Waals surface area contributed by atoms with E-state index in [0.29, 0.717) is 0 Å². The van der Waals surface area contributed by atoms with Gasteiger partial charge in [-0.3, -0.25) is 0 Å². The fourth-order valence-corrected chi connectivity index (χ4v) is 2.50. The predicted octanol–water partition coefficient (Wildman–Crippen LogP) is -1.35. The average Bonchev–Trinajstić information content (AvgIpc) is 1.81. The summed E-state index contributed by atoms with van der Waals surface area (Å²) in [5.74, 6) is 0.0308. The van der Waals surface area contributed by atoms with Crippen molar-refractivity contribution in [3.63, 3.8) is 0 Å². The molecule has 0 spiro atoms. The molecule has 0 N–H and O–H groups in total. The van der Waals surface area contributed by atoms with Crippen molar-refractivity contribution in [2.75, 3.05) is 14.1 Å². The van der Waals surface area contributed by atoms with Gasteiger partial charge >= 0.3 is 18.9 Å². The van der Waals surface area contributed by atoms with Crippen molar-refractivity contribution in [1.82, 2.24) is 4.90 Å². The van der Waals surface area contributed by atoms with Crippen LogP contribution in [0.2, 0.25) is 25.7 Å². The Balaban J connectivity index is 0. The summed E-state index contributed by atoms with van der Waals surface area (Å²) in [6.45, 7) is 10.7. The van der Waals surface area contributed by atoms with Crippen molar-refractivity contribution in [1.29, 1.82) is 0 Å². The molecule has 0 aromatic carbocycles. The van der Waals surface area contributed by atoms with E-state index in [-0.39, 0.29) is 24.7 Å². The number of hydrogen-bond acceptors (Lipinski definition) is 2. The third kappa shape index (κ3) is 8.49. The minimum absolute atomic E-state index is 0. The molecule has 0 bridgehead atoms. The normalized spacial score (nSPS) is 11.9. The molecule has 0 aliphatic carbocycles. The van der Waals surface area contributed by atoms with Crippen LogP contribution >= 0.6 is 0 Å². The van der Waals surface area contributed by atoms with Gasteiger partial charge in [-0.25, -0.2) is 0 Å². The van der Waals surface area contributed by atoms with Gasteiger partial charge in [0.2, 0.25) is 0 Å². The Kier molecular flexibility index (Phi) is 7.45. The summed E-state index contributed by atoms with van der Waals surface area (Å²) in [4.78, 5) is 1.56. The molecule has 2 nitrogen and oxygen atoms in total. The van der Waals surface area contributed by atoms with Gasteiger partial charge < -0.3 is 10.0 Å². The third-order valence-electron chi connectivity index (χ3n) is 1.53. The van der Waals surface area contributed by atoms with Crippen molar-refractivity contribution in [3.05, 3.63) is 24.1 Å². The first-order valence-electron chi connectivity index (χ1n) is 4.46. The van der Waals surface area contributed by atoms with E-state index >= 15 is 0 Å². The smallest absolute Gasteiger partial charge is 0.860 e. The van der Waals surface area contributed by atoms with Crippen LogP contribution in [0, 0.1) is 0 Å². The van der Waals surface area contributed by atoms with Crippen LogP contribution in [-0.2, 0) is 0 Å². The van der Waals surface area contributed by atoms with Crippen LogP contribution in [0.4, 0.5) is 0 Å². The van der Waals surface area contributed by atoms with Crippen LogP contribution in [0.5, 0.6) is 0 Å². The Morgan fingerprint density at radius 2 is 1.79 bits per heavy atom. The second kappa shape index (κ2) is 6.39. The minimum Gasteiger partial charge on any atom is -0.860 e. The SMILES string of the molecule is C=C(/C=C(\[O-])N(C)C)C[Si](C)(C)C.[Li+]. The maximum absolute atomic E-state index is 11.3. The average molecular weight is 205 g/mol. The van der Waals surface area contributed by atoms with Gasteiger partial charge in [0.15, 0.2) is 0 Å². The fourth-order valence-electron chi connectivity index (χ4n) is 1.04. The number of hydrogen-bond donors (Lipinski definition) is 0. The summed E-state index contributed by atoms with van der Waals surface area (Å²) < 4.78 is 0. The predicted molar refractivity (Wildman–Crippen MR) is 59.1 cm³/mol. The first kappa shape index (κ1) is 16.3. The second-order valence-corrected chi connectivity index (χ2v) is 10.2. The maximum atomic E-state index is 11.3. The van der Waals surface area contributed by atoms with Crippen LogP contribution in [0.1, 0.15) is 0 Å². The molecule has 4 heteroatoms. The zero-order chi connectivity index (χ0) is 10.6. The van der Waals surface area contributed by atoms with Gasteiger partial charge in [0.25, 0.3) is 0 Å². The molecule has 0 unspecified atom stereocenters. The van der Waals surface area contributed by atoms with Gasteiger partial charge in [-0.05, 0) is 11.9 Å². The van der Waals surface area contributed by atoms with Crippen LogP contribution in [0.15, 0.2) is 24.1 Å². The van der Waals surface area contributed by atoms with Crippen LogP contribution < -0.4 is 24.0 Å². The first-order valence-corrected chi connectivity index (χ1v) is 8.17. The van der Waals surface area contributed by atoms with E-state index < -0.39 is 8.07 Å². The van der Waals surface area contributed by atoms with Crippen LogP contribution in [0.3, 0.4) is 0 Å². The Morgan fingerprint density at radius 1 is 1.36 bits per heavy atom. The molecule has 0 rings (SSSR count). The molecule has 14 heavy (non-hydrogen) atoms. The molecule has 0 atom stereocenters. The van der Waals surface area contributed by atoms with E-state index in [2.05, 4.69) is 26.2 Å². The van der Waals surface area contributed by atoms with E-state index in [9.17, 15) is 5.11 Å². The molecule has 0 fully saturated rings. The molecular formula is C10H20LiNOSi. The molecule has 0 aliphatic heterocycles. The Bertz CT molecular complexity index is 219. The quantitative estimate of drug-likeness (QED) is 0.322. The van der Waals surface area contributed by atoms with Crippen molar-refractivity contribution >= 4 is 8.07 Å². The molecule has 0 saturated carbocycles. The molecular weight excluding hydrogens is 185 g/mol. The summed E-state index contributed by atoms with van der Waals surface area (Å²) in [6.07, 6.45) is 1.64. The van der Waals surface area contributed by atoms with Crippen molar-refractivity contribution in [2.24, 2.45) is 0 Å². The molecule has 0 saturated heterocycles. The van der Waals surface area contributed by atoms with Crippen molar-refractivity contribution < 1.29 is 24.0 Å². The van der Waals surface area contributed by atoms with Crippen LogP contribution in [0.25, 0.3) is 0 Å². The zero-order valence-electron chi connectivity index (χ0n) is 10.3. The van der Waals surface area contributed by atoms with E-state index in [0.717, 1.165) is 11.6 Å². The van der Waals surface area contributed by atoms with Crippen molar-refractivity contribution in [3.8, 4) is 0 Å². The summed E-state index contributed by atoms with van der Waals surface area (Å²) in [5.41, 5.74) is 0.956. The number of nitrogens with zero attached hydrogens (tertiary/aromatic N) is 1. The first-order chi connectivity index (χ1) is 5.72. The molecule has 0 aliphatic rings. The minimum atomic E-state index is -1.12. The number of allylic oxidation sites excluding steroid dienone is 2. The summed E-state index contributed by atoms with van der Waals surface area (Å²) >= 11 is 0. The zero-order valence-corrected chi connectivity index (χ0v) is 11.3. The van der Waals surface area contributed by atoms with E-state index in [4.69, 9.17) is 0 Å². The van der Waals surface area contributed by atoms with Gasteiger partial charge in [-0.1, -0.05) is 37.9 Å². The largest absolute Gasteiger partial charge is 1.00 e. The van der Waals surface area contributed by atoms with E-state index in [1.165, 1.54) is 0 Å². The topological polar surface area (TPSA) is 26.3 Å². The van der Waals surface area contributed by atoms with E-state index in [1.807, 2.05) is 0 Å². The molecule has 0 heterocycles. The molecule has 0 radical (unpaired) electrons. The molecule has 0 amide bonds. The Hall–Kier alpha value is -0.106. The van der Waals surface area contributed by atoms with Crippen molar-refractivity contribution in [2.45, 2.75) is 25.7 Å². The number of rotatable bonds is 4. The molecule has 0 aromatic rings.